The first-order valence-corrected chi connectivity index (χ1v) is 5.96. The molecule has 0 saturated heterocycles. The van der Waals surface area contributed by atoms with E-state index in [1.54, 1.807) is 4.52 Å². The van der Waals surface area contributed by atoms with Gasteiger partial charge in [0.25, 0.3) is 0 Å². The van der Waals surface area contributed by atoms with Crippen molar-refractivity contribution in [1.29, 1.82) is 0 Å². The van der Waals surface area contributed by atoms with Crippen LogP contribution in [0.3, 0.4) is 0 Å². The molecule has 2 rings (SSSR count). The van der Waals surface area contributed by atoms with Gasteiger partial charge in [0.2, 0.25) is 0 Å². The quantitative estimate of drug-likeness (QED) is 0.677. The van der Waals surface area contributed by atoms with Gasteiger partial charge in [-0.3, -0.25) is 0 Å². The summed E-state index contributed by atoms with van der Waals surface area (Å²) in [4.78, 5) is 4.20. The van der Waals surface area contributed by atoms with E-state index >= 15 is 0 Å². The van der Waals surface area contributed by atoms with E-state index in [4.69, 9.17) is 0 Å². The van der Waals surface area contributed by atoms with Crippen LogP contribution in [-0.2, 0) is 0 Å². The lowest BCUT2D eigenvalue weighted by Gasteiger charge is -1.91. The van der Waals surface area contributed by atoms with Gasteiger partial charge >= 0.3 is 0 Å². The molecule has 2 aromatic rings. The van der Waals surface area contributed by atoms with E-state index < -0.39 is 0 Å². The Kier molecular flexibility index (Phi) is 7.18. The maximum Gasteiger partial charge on any atom is 0.155 e. The van der Waals surface area contributed by atoms with Crippen LogP contribution in [0.25, 0.3) is 5.65 Å². The van der Waals surface area contributed by atoms with Gasteiger partial charge in [-0.15, -0.1) is 0 Å². The fraction of sp³-hybridized carbons (Fsp3) is 0.538. The van der Waals surface area contributed by atoms with Crippen LogP contribution in [0.15, 0.2) is 18.5 Å². The molecule has 0 aliphatic rings. The summed E-state index contributed by atoms with van der Waals surface area (Å²) in [6, 6.07) is 1.96. The molecule has 3 nitrogen and oxygen atoms in total. The van der Waals surface area contributed by atoms with Gasteiger partial charge in [0.15, 0.2) is 5.65 Å². The van der Waals surface area contributed by atoms with Crippen molar-refractivity contribution in [3.63, 3.8) is 0 Å². The zero-order valence-electron chi connectivity index (χ0n) is 11.3. The molecule has 0 aliphatic carbocycles. The van der Waals surface area contributed by atoms with E-state index in [1.807, 2.05) is 46.2 Å². The lowest BCUT2D eigenvalue weighted by atomic mass is 10.4. The number of fused-ring (bicyclic) bond motifs is 1. The van der Waals surface area contributed by atoms with Crippen molar-refractivity contribution in [3.8, 4) is 0 Å². The van der Waals surface area contributed by atoms with Gasteiger partial charge in [-0.05, 0) is 19.4 Å². The molecular formula is C13H23N3. The molecule has 0 aromatic carbocycles. The molecule has 0 atom stereocenters. The number of rotatable bonds is 0. The fourth-order valence-electron chi connectivity index (χ4n) is 1.09. The van der Waals surface area contributed by atoms with E-state index in [2.05, 4.69) is 23.9 Å². The third-order valence-corrected chi connectivity index (χ3v) is 1.56. The molecule has 90 valence electrons. The Labute approximate surface area is 98.5 Å². The minimum atomic E-state index is 0.910. The number of aromatic nitrogens is 3. The normalized spacial score (nSPS) is 8.88. The monoisotopic (exact) mass is 221 g/mol. The Balaban J connectivity index is 0.000000394. The second kappa shape index (κ2) is 7.85. The predicted octanol–water partition coefficient (Wildman–Crippen LogP) is 3.79. The molecule has 0 radical (unpaired) electrons. The molecule has 0 amide bonds. The van der Waals surface area contributed by atoms with E-state index in [0.717, 1.165) is 16.9 Å². The molecule has 0 unspecified atom stereocenters. The smallest absolute Gasteiger partial charge is 0.155 e. The average molecular weight is 221 g/mol. The summed E-state index contributed by atoms with van der Waals surface area (Å²) in [5, 5.41) is 4.23. The van der Waals surface area contributed by atoms with Gasteiger partial charge in [0, 0.05) is 18.5 Å². The van der Waals surface area contributed by atoms with Crippen molar-refractivity contribution in [3.05, 3.63) is 29.7 Å². The van der Waals surface area contributed by atoms with Crippen LogP contribution in [0.1, 0.15) is 45.4 Å². The SMILES string of the molecule is CC.CCC.Cc1cnc2cc(C)nn2c1. The van der Waals surface area contributed by atoms with E-state index in [-0.39, 0.29) is 0 Å². The minimum absolute atomic E-state index is 0.910. The minimum Gasteiger partial charge on any atom is -0.237 e. The molecule has 0 spiro atoms. The summed E-state index contributed by atoms with van der Waals surface area (Å²) in [5.41, 5.74) is 3.04. The average Bonchev–Trinajstić information content (AvgIpc) is 2.61. The number of hydrogen-bond acceptors (Lipinski definition) is 2. The Bertz CT molecular complexity index is 404. The summed E-state index contributed by atoms with van der Waals surface area (Å²) in [5.74, 6) is 0. The first-order chi connectivity index (χ1) is 7.67. The summed E-state index contributed by atoms with van der Waals surface area (Å²) >= 11 is 0. The van der Waals surface area contributed by atoms with Crippen LogP contribution < -0.4 is 0 Å². The van der Waals surface area contributed by atoms with Gasteiger partial charge in [-0.25, -0.2) is 9.50 Å². The largest absolute Gasteiger partial charge is 0.237 e. The molecule has 2 heterocycles. The summed E-state index contributed by atoms with van der Waals surface area (Å²) in [6.45, 7) is 12.2. The van der Waals surface area contributed by atoms with Crippen LogP contribution in [0.4, 0.5) is 0 Å². The van der Waals surface area contributed by atoms with Gasteiger partial charge in [0.1, 0.15) is 0 Å². The van der Waals surface area contributed by atoms with Crippen LogP contribution in [0.5, 0.6) is 0 Å². The number of aryl methyl sites for hydroxylation is 2. The highest BCUT2D eigenvalue weighted by Gasteiger charge is 1.96. The van der Waals surface area contributed by atoms with Gasteiger partial charge in [-0.1, -0.05) is 34.1 Å². The van der Waals surface area contributed by atoms with E-state index in [9.17, 15) is 0 Å². The van der Waals surface area contributed by atoms with Gasteiger partial charge in [-0.2, -0.15) is 5.10 Å². The third kappa shape index (κ3) is 4.43. The zero-order chi connectivity index (χ0) is 12.6. The molecule has 0 saturated carbocycles. The van der Waals surface area contributed by atoms with Crippen LogP contribution >= 0.6 is 0 Å². The van der Waals surface area contributed by atoms with Crippen molar-refractivity contribution >= 4 is 5.65 Å². The molecule has 0 bridgehead atoms. The topological polar surface area (TPSA) is 30.2 Å². The summed E-state index contributed by atoms with van der Waals surface area (Å²) < 4.78 is 1.80. The summed E-state index contributed by atoms with van der Waals surface area (Å²) in [6.07, 6.45) is 5.06. The van der Waals surface area contributed by atoms with Crippen molar-refractivity contribution in [2.75, 3.05) is 0 Å². The Morgan fingerprint density at radius 3 is 2.31 bits per heavy atom. The lowest BCUT2D eigenvalue weighted by Crippen LogP contribution is -1.90. The first kappa shape index (κ1) is 14.6. The highest BCUT2D eigenvalue weighted by molar-refractivity contribution is 5.38. The molecule has 0 fully saturated rings. The molecule has 16 heavy (non-hydrogen) atoms. The number of hydrogen-bond donors (Lipinski definition) is 0. The third-order valence-electron chi connectivity index (χ3n) is 1.56. The van der Waals surface area contributed by atoms with Crippen LogP contribution in [0.2, 0.25) is 0 Å². The van der Waals surface area contributed by atoms with E-state index in [0.29, 0.717) is 0 Å². The van der Waals surface area contributed by atoms with Crippen LogP contribution in [-0.4, -0.2) is 14.6 Å². The summed E-state index contributed by atoms with van der Waals surface area (Å²) in [7, 11) is 0. The Hall–Kier alpha value is -1.38. The number of nitrogens with zero attached hydrogens (tertiary/aromatic N) is 3. The molecule has 3 heteroatoms. The second-order valence-electron chi connectivity index (χ2n) is 3.43. The van der Waals surface area contributed by atoms with Crippen molar-refractivity contribution in [1.82, 2.24) is 14.6 Å². The lowest BCUT2D eigenvalue weighted by molar-refractivity contribution is 0.907. The first-order valence-electron chi connectivity index (χ1n) is 5.96. The maximum absolute atomic E-state index is 4.23. The molecule has 0 aliphatic heterocycles. The Morgan fingerprint density at radius 2 is 1.75 bits per heavy atom. The van der Waals surface area contributed by atoms with Gasteiger partial charge < -0.3 is 0 Å². The standard InChI is InChI=1S/C8H9N3.C3H8.C2H6/c1-6-4-9-8-3-7(2)10-11(8)5-6;1-3-2;1-2/h3-5H,1-2H3;3H2,1-2H3;1-2H3. The van der Waals surface area contributed by atoms with E-state index in [1.165, 1.54) is 6.42 Å². The zero-order valence-corrected chi connectivity index (χ0v) is 11.3. The van der Waals surface area contributed by atoms with Crippen molar-refractivity contribution in [2.45, 2.75) is 48.0 Å². The molecule has 2 aromatic heterocycles. The molecular weight excluding hydrogens is 198 g/mol. The molecule has 0 N–H and O–H groups in total. The van der Waals surface area contributed by atoms with Gasteiger partial charge in [0.05, 0.1) is 5.69 Å². The van der Waals surface area contributed by atoms with Crippen LogP contribution in [0, 0.1) is 13.8 Å². The second-order valence-corrected chi connectivity index (χ2v) is 3.43. The predicted molar refractivity (Wildman–Crippen MR) is 69.8 cm³/mol. The highest BCUT2D eigenvalue weighted by Crippen LogP contribution is 2.02. The highest BCUT2D eigenvalue weighted by atomic mass is 15.2. The maximum atomic E-state index is 4.23. The van der Waals surface area contributed by atoms with Crippen molar-refractivity contribution < 1.29 is 0 Å². The Morgan fingerprint density at radius 1 is 1.19 bits per heavy atom. The van der Waals surface area contributed by atoms with Crippen molar-refractivity contribution in [2.24, 2.45) is 0 Å². The fourth-order valence-corrected chi connectivity index (χ4v) is 1.09.